The number of nitro groups is 1. The van der Waals surface area contributed by atoms with E-state index in [4.69, 9.17) is 33.0 Å². The first kappa shape index (κ1) is 19.3. The SMILES string of the molecule is CC(C)/C(=C\c1ccc(OCCCC(=O)O)c(Cl)c1Cl)[N+](=O)[O-]. The molecule has 0 aliphatic carbocycles. The summed E-state index contributed by atoms with van der Waals surface area (Å²) in [6.07, 6.45) is 1.71. The van der Waals surface area contributed by atoms with E-state index >= 15 is 0 Å². The molecule has 1 N–H and O–H groups in total. The van der Waals surface area contributed by atoms with Gasteiger partial charge in [0.25, 0.3) is 0 Å². The van der Waals surface area contributed by atoms with Gasteiger partial charge in [-0.2, -0.15) is 0 Å². The summed E-state index contributed by atoms with van der Waals surface area (Å²) in [4.78, 5) is 21.0. The number of carboxylic acid groups (broad SMARTS) is 1. The van der Waals surface area contributed by atoms with Gasteiger partial charge >= 0.3 is 5.97 Å². The molecule has 0 heterocycles. The Balaban J connectivity index is 2.95. The Morgan fingerprint density at radius 3 is 2.57 bits per heavy atom. The number of nitrogens with zero attached hydrogens (tertiary/aromatic N) is 1. The number of carboxylic acids is 1. The third-order valence-electron chi connectivity index (χ3n) is 2.98. The summed E-state index contributed by atoms with van der Waals surface area (Å²) < 4.78 is 5.39. The average molecular weight is 362 g/mol. The lowest BCUT2D eigenvalue weighted by atomic mass is 10.1. The van der Waals surface area contributed by atoms with E-state index < -0.39 is 10.9 Å². The second-order valence-electron chi connectivity index (χ2n) is 5.11. The van der Waals surface area contributed by atoms with E-state index in [1.807, 2.05) is 0 Å². The lowest BCUT2D eigenvalue weighted by Crippen LogP contribution is -2.05. The van der Waals surface area contributed by atoms with Crippen LogP contribution >= 0.6 is 23.2 Å². The Kier molecular flexibility index (Phi) is 7.32. The van der Waals surface area contributed by atoms with Crippen molar-refractivity contribution in [1.82, 2.24) is 0 Å². The quantitative estimate of drug-likeness (QED) is 0.417. The van der Waals surface area contributed by atoms with E-state index in [1.54, 1.807) is 26.0 Å². The molecule has 23 heavy (non-hydrogen) atoms. The first-order valence-corrected chi connectivity index (χ1v) is 7.68. The fourth-order valence-electron chi connectivity index (χ4n) is 1.76. The van der Waals surface area contributed by atoms with Crippen molar-refractivity contribution in [2.45, 2.75) is 26.7 Å². The molecule has 0 saturated heterocycles. The smallest absolute Gasteiger partial charge is 0.303 e. The molecule has 0 fully saturated rings. The Labute approximate surface area is 143 Å². The number of hydrogen-bond donors (Lipinski definition) is 1. The summed E-state index contributed by atoms with van der Waals surface area (Å²) in [5.74, 6) is -0.864. The molecule has 0 saturated carbocycles. The van der Waals surface area contributed by atoms with Crippen molar-refractivity contribution in [2.24, 2.45) is 5.92 Å². The van der Waals surface area contributed by atoms with Crippen molar-refractivity contribution in [1.29, 1.82) is 0 Å². The van der Waals surface area contributed by atoms with Gasteiger partial charge in [0.05, 0.1) is 16.6 Å². The number of ether oxygens (including phenoxy) is 1. The minimum Gasteiger partial charge on any atom is -0.492 e. The van der Waals surface area contributed by atoms with Crippen molar-refractivity contribution < 1.29 is 19.6 Å². The maximum absolute atomic E-state index is 11.0. The van der Waals surface area contributed by atoms with Gasteiger partial charge in [-0.25, -0.2) is 0 Å². The second-order valence-corrected chi connectivity index (χ2v) is 5.86. The Bertz CT molecular complexity index is 629. The van der Waals surface area contributed by atoms with E-state index in [2.05, 4.69) is 0 Å². The van der Waals surface area contributed by atoms with Crippen molar-refractivity contribution in [3.05, 3.63) is 43.6 Å². The Morgan fingerprint density at radius 1 is 1.39 bits per heavy atom. The zero-order chi connectivity index (χ0) is 17.6. The number of hydrogen-bond acceptors (Lipinski definition) is 4. The molecule has 0 aliphatic rings. The highest BCUT2D eigenvalue weighted by Gasteiger charge is 2.18. The molecule has 0 unspecified atom stereocenters. The normalized spacial score (nSPS) is 11.6. The van der Waals surface area contributed by atoms with Crippen LogP contribution in [0.5, 0.6) is 5.75 Å². The molecule has 1 aromatic carbocycles. The molecule has 8 heteroatoms. The van der Waals surface area contributed by atoms with Gasteiger partial charge in [0.2, 0.25) is 5.70 Å². The van der Waals surface area contributed by atoms with Crippen LogP contribution < -0.4 is 4.74 Å². The topological polar surface area (TPSA) is 89.7 Å². The summed E-state index contributed by atoms with van der Waals surface area (Å²) in [6, 6.07) is 3.13. The van der Waals surface area contributed by atoms with Crippen molar-refractivity contribution in [2.75, 3.05) is 6.61 Å². The summed E-state index contributed by atoms with van der Waals surface area (Å²) in [6.45, 7) is 3.61. The van der Waals surface area contributed by atoms with Gasteiger partial charge in [-0.3, -0.25) is 14.9 Å². The fraction of sp³-hybridized carbons (Fsp3) is 0.400. The summed E-state index contributed by atoms with van der Waals surface area (Å²) in [5, 5.41) is 19.9. The van der Waals surface area contributed by atoms with E-state index in [0.717, 1.165) is 0 Å². The second kappa shape index (κ2) is 8.74. The lowest BCUT2D eigenvalue weighted by Gasteiger charge is -2.10. The van der Waals surface area contributed by atoms with Crippen LogP contribution in [0.2, 0.25) is 10.0 Å². The molecule has 0 aliphatic heterocycles. The van der Waals surface area contributed by atoms with Gasteiger partial charge in [-0.05, 0) is 18.6 Å². The van der Waals surface area contributed by atoms with E-state index in [-0.39, 0.29) is 34.7 Å². The fourth-order valence-corrected chi connectivity index (χ4v) is 2.20. The third kappa shape index (κ3) is 5.73. The van der Waals surface area contributed by atoms with Crippen molar-refractivity contribution in [3.8, 4) is 5.75 Å². The van der Waals surface area contributed by atoms with E-state index in [1.165, 1.54) is 6.08 Å². The maximum Gasteiger partial charge on any atom is 0.303 e. The molecule has 6 nitrogen and oxygen atoms in total. The molecule has 0 atom stereocenters. The predicted octanol–water partition coefficient (Wildman–Crippen LogP) is 4.51. The van der Waals surface area contributed by atoms with Crippen LogP contribution in [0.1, 0.15) is 32.3 Å². The predicted molar refractivity (Wildman–Crippen MR) is 88.6 cm³/mol. The van der Waals surface area contributed by atoms with Crippen molar-refractivity contribution in [3.63, 3.8) is 0 Å². The van der Waals surface area contributed by atoms with Crippen LogP contribution in [-0.2, 0) is 4.79 Å². The zero-order valence-corrected chi connectivity index (χ0v) is 14.2. The maximum atomic E-state index is 11.0. The third-order valence-corrected chi connectivity index (χ3v) is 3.85. The summed E-state index contributed by atoms with van der Waals surface area (Å²) in [5.41, 5.74) is 0.452. The number of halogens is 2. The molecule has 0 bridgehead atoms. The minimum absolute atomic E-state index is 0.00719. The van der Waals surface area contributed by atoms with E-state index in [9.17, 15) is 14.9 Å². The van der Waals surface area contributed by atoms with Crippen LogP contribution in [-0.4, -0.2) is 22.6 Å². The number of carbonyl (C=O) groups is 1. The largest absolute Gasteiger partial charge is 0.492 e. The summed E-state index contributed by atoms with van der Waals surface area (Å²) >= 11 is 12.3. The molecule has 0 aromatic heterocycles. The standard InChI is InChI=1S/C15H17Cl2NO5/c1-9(2)11(18(21)22)8-10-5-6-12(15(17)14(10)16)23-7-3-4-13(19)20/h5-6,8-9H,3-4,7H2,1-2H3,(H,19,20)/b11-8+. The Hall–Kier alpha value is -1.79. The molecule has 126 valence electrons. The first-order valence-electron chi connectivity index (χ1n) is 6.92. The van der Waals surface area contributed by atoms with Crippen molar-refractivity contribution >= 4 is 35.2 Å². The number of aliphatic carboxylic acids is 1. The van der Waals surface area contributed by atoms with Crippen LogP contribution in [0, 0.1) is 16.0 Å². The number of benzene rings is 1. The van der Waals surface area contributed by atoms with Gasteiger partial charge in [0, 0.05) is 24.0 Å². The first-order chi connectivity index (χ1) is 10.7. The van der Waals surface area contributed by atoms with E-state index in [0.29, 0.717) is 17.7 Å². The van der Waals surface area contributed by atoms with Crippen LogP contribution in [0.25, 0.3) is 6.08 Å². The van der Waals surface area contributed by atoms with Crippen LogP contribution in [0.3, 0.4) is 0 Å². The molecule has 1 rings (SSSR count). The zero-order valence-electron chi connectivity index (χ0n) is 12.7. The van der Waals surface area contributed by atoms with Gasteiger partial charge < -0.3 is 9.84 Å². The molecule has 0 spiro atoms. The van der Waals surface area contributed by atoms with Gasteiger partial charge in [0.1, 0.15) is 10.8 Å². The highest BCUT2D eigenvalue weighted by molar-refractivity contribution is 6.43. The number of allylic oxidation sites excluding steroid dienone is 1. The van der Waals surface area contributed by atoms with Crippen LogP contribution in [0.4, 0.5) is 0 Å². The monoisotopic (exact) mass is 361 g/mol. The molecule has 0 radical (unpaired) electrons. The average Bonchev–Trinajstić information content (AvgIpc) is 2.45. The summed E-state index contributed by atoms with van der Waals surface area (Å²) in [7, 11) is 0. The minimum atomic E-state index is -0.904. The molecular formula is C15H17Cl2NO5. The van der Waals surface area contributed by atoms with Crippen LogP contribution in [0.15, 0.2) is 17.8 Å². The van der Waals surface area contributed by atoms with Gasteiger partial charge in [0.15, 0.2) is 0 Å². The number of rotatable bonds is 8. The highest BCUT2D eigenvalue weighted by atomic mass is 35.5. The highest BCUT2D eigenvalue weighted by Crippen LogP contribution is 2.36. The molecular weight excluding hydrogens is 345 g/mol. The lowest BCUT2D eigenvalue weighted by molar-refractivity contribution is -0.431. The molecule has 1 aromatic rings. The van der Waals surface area contributed by atoms with Gasteiger partial charge in [-0.15, -0.1) is 0 Å². The molecule has 0 amide bonds. The Morgan fingerprint density at radius 2 is 2.04 bits per heavy atom. The van der Waals surface area contributed by atoms with Gasteiger partial charge in [-0.1, -0.05) is 37.0 Å².